The van der Waals surface area contributed by atoms with Gasteiger partial charge in [0.15, 0.2) is 5.56 Å². The van der Waals surface area contributed by atoms with Crippen LogP contribution in [0.25, 0.3) is 22.2 Å². The highest BCUT2D eigenvalue weighted by atomic mass is 16.4. The van der Waals surface area contributed by atoms with E-state index in [0.29, 0.717) is 29.9 Å². The number of aromatic nitrogens is 2. The summed E-state index contributed by atoms with van der Waals surface area (Å²) in [5, 5.41) is 23.5. The number of aromatic carboxylic acids is 1. The lowest BCUT2D eigenvalue weighted by Crippen LogP contribution is -2.22. The van der Waals surface area contributed by atoms with E-state index in [-0.39, 0.29) is 0 Å². The number of pyridine rings is 1. The van der Waals surface area contributed by atoms with E-state index in [9.17, 15) is 14.7 Å². The minimum atomic E-state index is -1.46. The van der Waals surface area contributed by atoms with Gasteiger partial charge < -0.3 is 30.8 Å². The van der Waals surface area contributed by atoms with Crippen LogP contribution < -0.4 is 16.6 Å². The zero-order chi connectivity index (χ0) is 19.7. The van der Waals surface area contributed by atoms with Crippen LogP contribution in [0.1, 0.15) is 21.6 Å². The smallest absolute Gasteiger partial charge is 0.345 e. The van der Waals surface area contributed by atoms with E-state index in [1.54, 1.807) is 6.92 Å². The fourth-order valence-corrected chi connectivity index (χ4v) is 3.22. The molecule has 3 rings (SSSR count). The van der Waals surface area contributed by atoms with Gasteiger partial charge in [-0.15, -0.1) is 0 Å². The minimum Gasteiger partial charge on any atom is -0.506 e. The van der Waals surface area contributed by atoms with Gasteiger partial charge in [-0.2, -0.15) is 0 Å². The van der Waals surface area contributed by atoms with Crippen LogP contribution in [0.4, 0.5) is 0 Å². The molecule has 1 aromatic carbocycles. The molecule has 0 unspecified atom stereocenters. The number of fused-ring (bicyclic) bond motifs is 1. The second-order valence-electron chi connectivity index (χ2n) is 6.42. The Morgan fingerprint density at radius 1 is 1.33 bits per heavy atom. The first-order valence-electron chi connectivity index (χ1n) is 8.53. The van der Waals surface area contributed by atoms with Crippen molar-refractivity contribution in [3.05, 3.63) is 51.4 Å². The summed E-state index contributed by atoms with van der Waals surface area (Å²) in [6, 6.07) is 7.70. The van der Waals surface area contributed by atoms with Crippen molar-refractivity contribution in [1.82, 2.24) is 14.9 Å². The number of aryl methyl sites for hydroxylation is 1. The molecule has 8 nitrogen and oxygen atoms in total. The molecule has 0 aliphatic rings. The lowest BCUT2D eigenvalue weighted by atomic mass is 10.0. The van der Waals surface area contributed by atoms with Crippen molar-refractivity contribution >= 4 is 16.9 Å². The molecule has 0 spiro atoms. The van der Waals surface area contributed by atoms with Crippen molar-refractivity contribution in [3.63, 3.8) is 0 Å². The first kappa shape index (κ1) is 18.7. The number of carboxylic acid groups (broad SMARTS) is 1. The van der Waals surface area contributed by atoms with Crippen LogP contribution in [-0.4, -0.2) is 38.8 Å². The van der Waals surface area contributed by atoms with Gasteiger partial charge in [0.05, 0.1) is 5.69 Å². The summed E-state index contributed by atoms with van der Waals surface area (Å²) in [4.78, 5) is 25.8. The standard InChI is InChI=1S/C19H22N4O4/c1-10-16(22-18(25)15(17(10)24)19(26)27)11-3-4-14-12(7-11)8-13(23(14)2)9-21-6-5-20/h3-4,7-8,21H,5-6,9,20H2,1-2H3,(H,26,27)(H2,22,24,25). The summed E-state index contributed by atoms with van der Waals surface area (Å²) in [5.41, 5.74) is 7.53. The normalized spacial score (nSPS) is 11.2. The monoisotopic (exact) mass is 370 g/mol. The van der Waals surface area contributed by atoms with Crippen molar-refractivity contribution in [1.29, 1.82) is 0 Å². The number of carbonyl (C=O) groups is 1. The molecule has 2 aromatic heterocycles. The number of hydrogen-bond donors (Lipinski definition) is 5. The quantitative estimate of drug-likeness (QED) is 0.415. The molecule has 3 aromatic rings. The number of hydrogen-bond acceptors (Lipinski definition) is 5. The van der Waals surface area contributed by atoms with Crippen molar-refractivity contribution in [2.45, 2.75) is 13.5 Å². The third kappa shape index (κ3) is 3.32. The van der Waals surface area contributed by atoms with Crippen LogP contribution >= 0.6 is 0 Å². The molecule has 8 heteroatoms. The highest BCUT2D eigenvalue weighted by molar-refractivity contribution is 5.92. The van der Waals surface area contributed by atoms with Crippen LogP contribution in [0.15, 0.2) is 29.1 Å². The lowest BCUT2D eigenvalue weighted by molar-refractivity contribution is 0.0691. The zero-order valence-corrected chi connectivity index (χ0v) is 15.2. The molecule has 0 atom stereocenters. The third-order valence-electron chi connectivity index (χ3n) is 4.70. The average Bonchev–Trinajstić information content (AvgIpc) is 2.93. The topological polar surface area (TPSA) is 133 Å². The summed E-state index contributed by atoms with van der Waals surface area (Å²) in [5.74, 6) is -1.97. The van der Waals surface area contributed by atoms with Crippen LogP contribution in [0.3, 0.4) is 0 Å². The Morgan fingerprint density at radius 2 is 2.07 bits per heavy atom. The number of H-pyrrole nitrogens is 1. The molecule has 27 heavy (non-hydrogen) atoms. The molecule has 0 aliphatic carbocycles. The number of aromatic hydroxyl groups is 1. The van der Waals surface area contributed by atoms with E-state index >= 15 is 0 Å². The van der Waals surface area contributed by atoms with Crippen molar-refractivity contribution in [3.8, 4) is 17.0 Å². The number of rotatable bonds is 6. The fraction of sp³-hybridized carbons (Fsp3) is 0.263. The van der Waals surface area contributed by atoms with Gasteiger partial charge in [0, 0.05) is 48.8 Å². The molecular weight excluding hydrogens is 348 g/mol. The number of nitrogens with zero attached hydrogens (tertiary/aromatic N) is 1. The Balaban J connectivity index is 2.08. The van der Waals surface area contributed by atoms with Crippen LogP contribution in [0.2, 0.25) is 0 Å². The molecule has 0 saturated carbocycles. The molecule has 0 amide bonds. The molecular formula is C19H22N4O4. The van der Waals surface area contributed by atoms with E-state index in [2.05, 4.69) is 14.9 Å². The van der Waals surface area contributed by atoms with E-state index in [1.165, 1.54) is 0 Å². The summed E-state index contributed by atoms with van der Waals surface area (Å²) >= 11 is 0. The molecule has 2 heterocycles. The first-order valence-corrected chi connectivity index (χ1v) is 8.53. The SMILES string of the molecule is Cc1c(-c2ccc3c(c2)cc(CNCCN)n3C)[nH]c(=O)c(C(=O)O)c1O. The molecule has 0 fully saturated rings. The number of benzene rings is 1. The highest BCUT2D eigenvalue weighted by Gasteiger charge is 2.20. The largest absolute Gasteiger partial charge is 0.506 e. The maximum Gasteiger partial charge on any atom is 0.345 e. The highest BCUT2D eigenvalue weighted by Crippen LogP contribution is 2.31. The van der Waals surface area contributed by atoms with E-state index in [4.69, 9.17) is 10.8 Å². The molecule has 0 bridgehead atoms. The molecule has 0 aliphatic heterocycles. The maximum absolute atomic E-state index is 12.1. The Labute approximate surface area is 155 Å². The Bertz CT molecular complexity index is 1080. The molecule has 142 valence electrons. The van der Waals surface area contributed by atoms with Crippen molar-refractivity contribution in [2.24, 2.45) is 12.8 Å². The molecule has 0 saturated heterocycles. The summed E-state index contributed by atoms with van der Waals surface area (Å²) in [6.07, 6.45) is 0. The summed E-state index contributed by atoms with van der Waals surface area (Å²) in [7, 11) is 1.97. The maximum atomic E-state index is 12.1. The minimum absolute atomic E-state index is 0.312. The van der Waals surface area contributed by atoms with Gasteiger partial charge in [-0.05, 0) is 30.7 Å². The Morgan fingerprint density at radius 3 is 2.74 bits per heavy atom. The van der Waals surface area contributed by atoms with E-state index < -0.39 is 22.8 Å². The number of aromatic amines is 1. The average molecular weight is 370 g/mol. The summed E-state index contributed by atoms with van der Waals surface area (Å²) in [6.45, 7) is 3.55. The van der Waals surface area contributed by atoms with E-state index in [0.717, 1.165) is 23.1 Å². The first-order chi connectivity index (χ1) is 12.8. The number of nitrogens with one attached hydrogen (secondary N) is 2. The second kappa shape index (κ2) is 7.26. The van der Waals surface area contributed by atoms with Gasteiger partial charge in [-0.1, -0.05) is 6.07 Å². The summed E-state index contributed by atoms with van der Waals surface area (Å²) < 4.78 is 2.07. The van der Waals surface area contributed by atoms with E-state index in [1.807, 2.05) is 31.3 Å². The predicted octanol–water partition coefficient (Wildman–Crippen LogP) is 1.29. The van der Waals surface area contributed by atoms with Gasteiger partial charge in [0.1, 0.15) is 5.75 Å². The fourth-order valence-electron chi connectivity index (χ4n) is 3.22. The van der Waals surface area contributed by atoms with Crippen LogP contribution in [0.5, 0.6) is 5.75 Å². The Kier molecular flexibility index (Phi) is 5.02. The van der Waals surface area contributed by atoms with Crippen LogP contribution in [0, 0.1) is 6.92 Å². The van der Waals surface area contributed by atoms with Gasteiger partial charge in [-0.25, -0.2) is 4.79 Å². The van der Waals surface area contributed by atoms with Gasteiger partial charge in [0.2, 0.25) is 0 Å². The zero-order valence-electron chi connectivity index (χ0n) is 15.2. The second-order valence-corrected chi connectivity index (χ2v) is 6.42. The predicted molar refractivity (Wildman–Crippen MR) is 103 cm³/mol. The van der Waals surface area contributed by atoms with Gasteiger partial charge in [0.25, 0.3) is 5.56 Å². The molecule has 0 radical (unpaired) electrons. The lowest BCUT2D eigenvalue weighted by Gasteiger charge is -2.10. The number of nitrogens with two attached hydrogens (primary N) is 1. The van der Waals surface area contributed by atoms with Crippen LogP contribution in [-0.2, 0) is 13.6 Å². The third-order valence-corrected chi connectivity index (χ3v) is 4.70. The molecule has 6 N–H and O–H groups in total. The van der Waals surface area contributed by atoms with Gasteiger partial charge in [-0.3, -0.25) is 4.79 Å². The van der Waals surface area contributed by atoms with Gasteiger partial charge >= 0.3 is 5.97 Å². The number of carboxylic acids is 1. The Hall–Kier alpha value is -3.10. The van der Waals surface area contributed by atoms with Crippen molar-refractivity contribution < 1.29 is 15.0 Å². The van der Waals surface area contributed by atoms with Crippen molar-refractivity contribution in [2.75, 3.05) is 13.1 Å².